The Morgan fingerprint density at radius 1 is 1.28 bits per heavy atom. The molecule has 0 atom stereocenters. The van der Waals surface area contributed by atoms with Crippen LogP contribution in [0.25, 0.3) is 0 Å². The number of hydrogen-bond acceptors (Lipinski definition) is 4. The number of methoxy groups -OCH3 is 1. The Labute approximate surface area is 103 Å². The van der Waals surface area contributed by atoms with E-state index in [9.17, 15) is 22.8 Å². The second kappa shape index (κ2) is 7.91. The molecule has 0 aliphatic carbocycles. The highest BCUT2D eigenvalue weighted by Crippen LogP contribution is 2.14. The van der Waals surface area contributed by atoms with Crippen LogP contribution in [0.4, 0.5) is 13.2 Å². The molecule has 0 spiro atoms. The van der Waals surface area contributed by atoms with E-state index in [0.29, 0.717) is 0 Å². The van der Waals surface area contributed by atoms with E-state index in [4.69, 9.17) is 0 Å². The largest absolute Gasteiger partial charge is 0.468 e. The number of amides is 1. The molecule has 106 valence electrons. The molecule has 5 nitrogen and oxygen atoms in total. The first-order valence-electron chi connectivity index (χ1n) is 5.29. The molecule has 0 aliphatic heterocycles. The Hall–Kier alpha value is -1.31. The van der Waals surface area contributed by atoms with Crippen LogP contribution in [0.5, 0.6) is 0 Å². The van der Waals surface area contributed by atoms with Gasteiger partial charge in [0.05, 0.1) is 20.1 Å². The molecule has 0 heterocycles. The van der Waals surface area contributed by atoms with E-state index in [2.05, 4.69) is 9.47 Å². The molecular weight excluding hydrogens is 255 g/mol. The Bertz CT molecular complexity index is 281. The maximum Gasteiger partial charge on any atom is 0.411 e. The molecule has 0 saturated carbocycles. The maximum atomic E-state index is 11.7. The van der Waals surface area contributed by atoms with Gasteiger partial charge in [0.1, 0.15) is 13.2 Å². The van der Waals surface area contributed by atoms with E-state index < -0.39 is 24.7 Å². The summed E-state index contributed by atoms with van der Waals surface area (Å²) in [4.78, 5) is 23.6. The Balaban J connectivity index is 3.94. The Morgan fingerprint density at radius 3 is 2.33 bits per heavy atom. The van der Waals surface area contributed by atoms with Crippen molar-refractivity contribution in [2.75, 3.05) is 33.4 Å². The molecule has 0 aromatic rings. The van der Waals surface area contributed by atoms with E-state index in [1.807, 2.05) is 0 Å². The normalized spacial score (nSPS) is 11.2. The zero-order chi connectivity index (χ0) is 14.2. The van der Waals surface area contributed by atoms with Gasteiger partial charge in [-0.1, -0.05) is 0 Å². The van der Waals surface area contributed by atoms with E-state index in [1.54, 1.807) is 6.92 Å². The molecule has 0 aromatic carbocycles. The molecule has 0 saturated heterocycles. The lowest BCUT2D eigenvalue weighted by Gasteiger charge is -2.19. The summed E-state index contributed by atoms with van der Waals surface area (Å²) in [5.41, 5.74) is 0. The highest BCUT2D eigenvalue weighted by atomic mass is 19.4. The number of halogens is 3. The molecular formula is C10H16F3NO4. The average Bonchev–Trinajstić information content (AvgIpc) is 2.29. The molecule has 0 aromatic heterocycles. The molecule has 0 N–H and O–H groups in total. The zero-order valence-corrected chi connectivity index (χ0v) is 10.2. The third-order valence-electron chi connectivity index (χ3n) is 2.01. The summed E-state index contributed by atoms with van der Waals surface area (Å²) >= 11 is 0. The standard InChI is InChI=1S/C10H16F3NO4/c1-3-14(6-9(16)17-2)8(15)4-5-18-7-10(11,12)13/h3-7H2,1-2H3. The van der Waals surface area contributed by atoms with Crippen LogP contribution in [0.2, 0.25) is 0 Å². The van der Waals surface area contributed by atoms with E-state index in [0.717, 1.165) is 0 Å². The van der Waals surface area contributed by atoms with Crippen molar-refractivity contribution in [3.63, 3.8) is 0 Å². The van der Waals surface area contributed by atoms with Crippen molar-refractivity contribution in [2.45, 2.75) is 19.5 Å². The minimum absolute atomic E-state index is 0.207. The topological polar surface area (TPSA) is 55.8 Å². The first-order valence-corrected chi connectivity index (χ1v) is 5.29. The summed E-state index contributed by atoms with van der Waals surface area (Å²) in [6, 6.07) is 0. The van der Waals surface area contributed by atoms with Crippen molar-refractivity contribution in [3.05, 3.63) is 0 Å². The fourth-order valence-electron chi connectivity index (χ4n) is 1.10. The number of ether oxygens (including phenoxy) is 2. The van der Waals surface area contributed by atoms with Gasteiger partial charge in [-0.2, -0.15) is 13.2 Å². The zero-order valence-electron chi connectivity index (χ0n) is 10.2. The van der Waals surface area contributed by atoms with Gasteiger partial charge in [-0.05, 0) is 6.92 Å². The molecule has 18 heavy (non-hydrogen) atoms. The van der Waals surface area contributed by atoms with Gasteiger partial charge in [-0.25, -0.2) is 0 Å². The second-order valence-electron chi connectivity index (χ2n) is 3.40. The van der Waals surface area contributed by atoms with Crippen LogP contribution >= 0.6 is 0 Å². The van der Waals surface area contributed by atoms with E-state index in [-0.39, 0.29) is 26.1 Å². The van der Waals surface area contributed by atoms with Crippen LogP contribution in [0, 0.1) is 0 Å². The fourth-order valence-corrected chi connectivity index (χ4v) is 1.10. The summed E-state index contributed by atoms with van der Waals surface area (Å²) in [5, 5.41) is 0. The van der Waals surface area contributed by atoms with Gasteiger partial charge in [-0.15, -0.1) is 0 Å². The van der Waals surface area contributed by atoms with E-state index in [1.165, 1.54) is 12.0 Å². The molecule has 0 radical (unpaired) electrons. The van der Waals surface area contributed by atoms with Crippen molar-refractivity contribution >= 4 is 11.9 Å². The van der Waals surface area contributed by atoms with Crippen molar-refractivity contribution in [1.29, 1.82) is 0 Å². The molecule has 0 aliphatic rings. The van der Waals surface area contributed by atoms with E-state index >= 15 is 0 Å². The number of hydrogen-bond donors (Lipinski definition) is 0. The van der Waals surface area contributed by atoms with Gasteiger partial charge in [-0.3, -0.25) is 9.59 Å². The summed E-state index contributed by atoms with van der Waals surface area (Å²) in [6.45, 7) is -0.0187. The van der Waals surface area contributed by atoms with Crippen LogP contribution in [0.1, 0.15) is 13.3 Å². The number of carbonyl (C=O) groups excluding carboxylic acids is 2. The number of nitrogens with zero attached hydrogens (tertiary/aromatic N) is 1. The highest BCUT2D eigenvalue weighted by molar-refractivity contribution is 5.82. The molecule has 8 heteroatoms. The SMILES string of the molecule is CCN(CC(=O)OC)C(=O)CCOCC(F)(F)F. The van der Waals surface area contributed by atoms with Crippen LogP contribution in [-0.2, 0) is 19.1 Å². The molecule has 0 unspecified atom stereocenters. The van der Waals surface area contributed by atoms with Gasteiger partial charge in [0, 0.05) is 6.54 Å². The Morgan fingerprint density at radius 2 is 1.89 bits per heavy atom. The van der Waals surface area contributed by atoms with Gasteiger partial charge in [0.2, 0.25) is 5.91 Å². The lowest BCUT2D eigenvalue weighted by Crippen LogP contribution is -2.36. The van der Waals surface area contributed by atoms with Gasteiger partial charge in [0.15, 0.2) is 0 Å². The summed E-state index contributed by atoms with van der Waals surface area (Å²) in [6.07, 6.45) is -4.61. The Kier molecular flexibility index (Phi) is 7.33. The number of alkyl halides is 3. The number of esters is 1. The lowest BCUT2D eigenvalue weighted by molar-refractivity contribution is -0.175. The number of likely N-dealkylation sites (N-methyl/N-ethyl adjacent to an activating group) is 1. The third-order valence-corrected chi connectivity index (χ3v) is 2.01. The summed E-state index contributed by atoms with van der Waals surface area (Å²) in [7, 11) is 1.19. The van der Waals surface area contributed by atoms with Gasteiger partial charge >= 0.3 is 12.1 Å². The van der Waals surface area contributed by atoms with Crippen LogP contribution in [0.3, 0.4) is 0 Å². The van der Waals surface area contributed by atoms with Crippen molar-refractivity contribution in [3.8, 4) is 0 Å². The first-order chi connectivity index (χ1) is 8.30. The molecule has 0 fully saturated rings. The monoisotopic (exact) mass is 271 g/mol. The van der Waals surface area contributed by atoms with Crippen LogP contribution in [-0.4, -0.2) is 56.4 Å². The quantitative estimate of drug-likeness (QED) is 0.511. The highest BCUT2D eigenvalue weighted by Gasteiger charge is 2.27. The number of rotatable bonds is 7. The van der Waals surface area contributed by atoms with Crippen molar-refractivity contribution < 1.29 is 32.2 Å². The minimum atomic E-state index is -4.40. The minimum Gasteiger partial charge on any atom is -0.468 e. The van der Waals surface area contributed by atoms with Crippen LogP contribution in [0.15, 0.2) is 0 Å². The average molecular weight is 271 g/mol. The smallest absolute Gasteiger partial charge is 0.411 e. The third kappa shape index (κ3) is 7.88. The van der Waals surface area contributed by atoms with Crippen LogP contribution < -0.4 is 0 Å². The van der Waals surface area contributed by atoms with Crippen molar-refractivity contribution in [1.82, 2.24) is 4.90 Å². The molecule has 1 amide bonds. The summed E-state index contributed by atoms with van der Waals surface area (Å²) < 4.78 is 43.9. The first kappa shape index (κ1) is 16.7. The predicted octanol–water partition coefficient (Wildman–Crippen LogP) is 0.977. The van der Waals surface area contributed by atoms with Gasteiger partial charge < -0.3 is 14.4 Å². The molecule has 0 rings (SSSR count). The summed E-state index contributed by atoms with van der Waals surface area (Å²) in [5.74, 6) is -1.04. The number of carbonyl (C=O) groups is 2. The second-order valence-corrected chi connectivity index (χ2v) is 3.40. The predicted molar refractivity (Wildman–Crippen MR) is 55.8 cm³/mol. The fraction of sp³-hybridized carbons (Fsp3) is 0.800. The van der Waals surface area contributed by atoms with Gasteiger partial charge in [0.25, 0.3) is 0 Å². The lowest BCUT2D eigenvalue weighted by atomic mass is 10.3. The van der Waals surface area contributed by atoms with Crippen molar-refractivity contribution in [2.24, 2.45) is 0 Å². The maximum absolute atomic E-state index is 11.7. The molecule has 0 bridgehead atoms.